The Bertz CT molecular complexity index is 720. The molecule has 0 amide bonds. The molecule has 0 spiro atoms. The summed E-state index contributed by atoms with van der Waals surface area (Å²) >= 11 is 0. The molecule has 0 aliphatic heterocycles. The Morgan fingerprint density at radius 3 is 2.17 bits per heavy atom. The first-order valence-electron chi connectivity index (χ1n) is 7.18. The van der Waals surface area contributed by atoms with Gasteiger partial charge in [0, 0.05) is 6.08 Å². The van der Waals surface area contributed by atoms with Crippen molar-refractivity contribution in [2.24, 2.45) is 0 Å². The van der Waals surface area contributed by atoms with E-state index in [2.05, 4.69) is 6.58 Å². The first kappa shape index (κ1) is 17.0. The topological polar surface area (TPSA) is 61.8 Å². The smallest absolute Gasteiger partial charge is 0.430 e. The van der Waals surface area contributed by atoms with E-state index in [9.17, 15) is 9.59 Å². The molecule has 0 saturated carbocycles. The van der Waals surface area contributed by atoms with Crippen LogP contribution in [0.4, 0.5) is 4.79 Å². The van der Waals surface area contributed by atoms with Gasteiger partial charge in [0.15, 0.2) is 0 Å². The van der Waals surface area contributed by atoms with Gasteiger partial charge < -0.3 is 14.2 Å². The van der Waals surface area contributed by atoms with Crippen LogP contribution in [0, 0.1) is 0 Å². The van der Waals surface area contributed by atoms with Crippen LogP contribution in [0.15, 0.2) is 79.3 Å². The lowest BCUT2D eigenvalue weighted by Crippen LogP contribution is -2.12. The van der Waals surface area contributed by atoms with Crippen LogP contribution in [0.1, 0.15) is 15.9 Å². The summed E-state index contributed by atoms with van der Waals surface area (Å²) in [7, 11) is 0. The van der Waals surface area contributed by atoms with Gasteiger partial charge >= 0.3 is 12.1 Å². The van der Waals surface area contributed by atoms with Crippen molar-refractivity contribution in [2.75, 3.05) is 6.61 Å². The van der Waals surface area contributed by atoms with Gasteiger partial charge in [0.05, 0.1) is 5.56 Å². The molecule has 24 heavy (non-hydrogen) atoms. The lowest BCUT2D eigenvalue weighted by atomic mass is 10.2. The number of carbonyl (C=O) groups is 2. The maximum atomic E-state index is 12.1. The van der Waals surface area contributed by atoms with Crippen LogP contribution in [0.5, 0.6) is 0 Å². The molecule has 0 radical (unpaired) electrons. The predicted octanol–water partition coefficient (Wildman–Crippen LogP) is 4.18. The van der Waals surface area contributed by atoms with Crippen molar-refractivity contribution in [3.8, 4) is 0 Å². The Morgan fingerprint density at radius 2 is 1.54 bits per heavy atom. The van der Waals surface area contributed by atoms with Crippen molar-refractivity contribution in [1.82, 2.24) is 0 Å². The van der Waals surface area contributed by atoms with E-state index >= 15 is 0 Å². The first-order chi connectivity index (χ1) is 11.7. The van der Waals surface area contributed by atoms with Gasteiger partial charge in [-0.15, -0.1) is 0 Å². The number of ether oxygens (including phenoxy) is 3. The lowest BCUT2D eigenvalue weighted by Gasteiger charge is -2.09. The van der Waals surface area contributed by atoms with Crippen LogP contribution in [-0.2, 0) is 14.2 Å². The molecular weight excluding hydrogens is 308 g/mol. The van der Waals surface area contributed by atoms with Gasteiger partial charge in [0.1, 0.15) is 6.61 Å². The van der Waals surface area contributed by atoms with Crippen LogP contribution in [-0.4, -0.2) is 18.7 Å². The number of benzene rings is 2. The van der Waals surface area contributed by atoms with Gasteiger partial charge in [-0.3, -0.25) is 0 Å². The third-order valence-electron chi connectivity index (χ3n) is 2.79. The number of carbonyl (C=O) groups excluding carboxylic acids is 2. The van der Waals surface area contributed by atoms with E-state index in [-0.39, 0.29) is 12.6 Å². The fraction of sp³-hybridized carbons (Fsp3) is 0.0526. The highest BCUT2D eigenvalue weighted by atomic mass is 16.8. The Balaban J connectivity index is 2.16. The molecule has 5 heteroatoms. The summed E-state index contributed by atoms with van der Waals surface area (Å²) < 4.78 is 14.9. The predicted molar refractivity (Wildman–Crippen MR) is 88.9 cm³/mol. The van der Waals surface area contributed by atoms with Gasteiger partial charge in [0.2, 0.25) is 0 Å². The van der Waals surface area contributed by atoms with Crippen LogP contribution >= 0.6 is 0 Å². The zero-order chi connectivity index (χ0) is 17.2. The maximum absolute atomic E-state index is 12.1. The molecule has 0 aliphatic carbocycles. The van der Waals surface area contributed by atoms with Crippen molar-refractivity contribution < 1.29 is 23.8 Å². The van der Waals surface area contributed by atoms with Crippen molar-refractivity contribution in [1.29, 1.82) is 0 Å². The molecule has 0 heterocycles. The van der Waals surface area contributed by atoms with Gasteiger partial charge in [-0.05, 0) is 17.7 Å². The average Bonchev–Trinajstić information content (AvgIpc) is 2.61. The van der Waals surface area contributed by atoms with Crippen molar-refractivity contribution in [2.45, 2.75) is 0 Å². The average molecular weight is 324 g/mol. The second-order valence-electron chi connectivity index (χ2n) is 4.58. The number of rotatable bonds is 6. The normalized spacial score (nSPS) is 10.6. The molecule has 2 aromatic rings. The molecule has 122 valence electrons. The molecule has 5 nitrogen and oxygen atoms in total. The Hall–Kier alpha value is -3.34. The quantitative estimate of drug-likeness (QED) is 0.453. The van der Waals surface area contributed by atoms with Gasteiger partial charge in [-0.1, -0.05) is 61.2 Å². The zero-order valence-electron chi connectivity index (χ0n) is 12.9. The highest BCUT2D eigenvalue weighted by Gasteiger charge is 2.15. The van der Waals surface area contributed by atoms with E-state index in [0.717, 1.165) is 0 Å². The van der Waals surface area contributed by atoms with Gasteiger partial charge in [-0.25, -0.2) is 9.59 Å². The summed E-state index contributed by atoms with van der Waals surface area (Å²) in [6.07, 6.45) is 1.84. The highest BCUT2D eigenvalue weighted by molar-refractivity contribution is 5.90. The van der Waals surface area contributed by atoms with E-state index in [0.29, 0.717) is 11.1 Å². The standard InChI is InChI=1S/C19H16O5/c1-2-13-22-19(21)24-17(14-15-9-5-3-6-10-15)23-18(20)16-11-7-4-8-12-16/h2-12,14H,1,13H2/b17-14-. The second kappa shape index (κ2) is 8.95. The molecule has 0 aromatic heterocycles. The summed E-state index contributed by atoms with van der Waals surface area (Å²) in [5, 5.41) is 0. The summed E-state index contributed by atoms with van der Waals surface area (Å²) in [6.45, 7) is 3.42. The van der Waals surface area contributed by atoms with Crippen LogP contribution < -0.4 is 0 Å². The first-order valence-corrected chi connectivity index (χ1v) is 7.18. The largest absolute Gasteiger partial charge is 0.516 e. The summed E-state index contributed by atoms with van der Waals surface area (Å²) in [6, 6.07) is 17.4. The molecule has 0 unspecified atom stereocenters. The molecule has 0 bridgehead atoms. The fourth-order valence-electron chi connectivity index (χ4n) is 1.73. The Kier molecular flexibility index (Phi) is 6.35. The molecule has 0 atom stereocenters. The van der Waals surface area contributed by atoms with Crippen LogP contribution in [0.2, 0.25) is 0 Å². The molecule has 0 N–H and O–H groups in total. The van der Waals surface area contributed by atoms with E-state index < -0.39 is 12.1 Å². The van der Waals surface area contributed by atoms with Gasteiger partial charge in [0.25, 0.3) is 5.95 Å². The summed E-state index contributed by atoms with van der Waals surface area (Å²) in [4.78, 5) is 23.7. The number of esters is 1. The van der Waals surface area contributed by atoms with Crippen molar-refractivity contribution in [3.63, 3.8) is 0 Å². The maximum Gasteiger partial charge on any atom is 0.516 e. The Morgan fingerprint density at radius 1 is 0.917 bits per heavy atom. The Labute approximate surface area is 139 Å². The van der Waals surface area contributed by atoms with Crippen LogP contribution in [0.3, 0.4) is 0 Å². The minimum atomic E-state index is -0.988. The van der Waals surface area contributed by atoms with E-state index in [4.69, 9.17) is 14.2 Å². The molecule has 0 aliphatic rings. The van der Waals surface area contributed by atoms with E-state index in [1.165, 1.54) is 12.2 Å². The fourth-order valence-corrected chi connectivity index (χ4v) is 1.73. The van der Waals surface area contributed by atoms with Crippen molar-refractivity contribution >= 4 is 18.2 Å². The summed E-state index contributed by atoms with van der Waals surface area (Å²) in [5.41, 5.74) is 1.03. The second-order valence-corrected chi connectivity index (χ2v) is 4.58. The molecule has 0 saturated heterocycles. The van der Waals surface area contributed by atoms with Crippen LogP contribution in [0.25, 0.3) is 6.08 Å². The molecule has 2 rings (SSSR count). The minimum Gasteiger partial charge on any atom is -0.430 e. The summed E-state index contributed by atoms with van der Waals surface area (Å²) in [5.74, 6) is -0.918. The van der Waals surface area contributed by atoms with Crippen molar-refractivity contribution in [3.05, 3.63) is 90.4 Å². The molecule has 2 aromatic carbocycles. The lowest BCUT2D eigenvalue weighted by molar-refractivity contribution is 0.0232. The monoisotopic (exact) mass is 324 g/mol. The number of hydrogen-bond donors (Lipinski definition) is 0. The third-order valence-corrected chi connectivity index (χ3v) is 2.79. The minimum absolute atomic E-state index is 0.00984. The number of hydrogen-bond acceptors (Lipinski definition) is 5. The molecule has 0 fully saturated rings. The zero-order valence-corrected chi connectivity index (χ0v) is 12.9. The third kappa shape index (κ3) is 5.46. The molecular formula is C19H16O5. The van der Waals surface area contributed by atoms with E-state index in [1.54, 1.807) is 54.6 Å². The highest BCUT2D eigenvalue weighted by Crippen LogP contribution is 2.13. The van der Waals surface area contributed by atoms with Gasteiger partial charge in [-0.2, -0.15) is 0 Å². The van der Waals surface area contributed by atoms with E-state index in [1.807, 2.05) is 6.07 Å². The SMILES string of the molecule is C=CCOC(=O)O/C(=C\c1ccccc1)OC(=O)c1ccccc1.